The molecule has 1 amide bonds. The molecule has 1 aliphatic heterocycles. The molecule has 1 aliphatic rings. The van der Waals surface area contributed by atoms with Gasteiger partial charge in [0.15, 0.2) is 5.57 Å². The van der Waals surface area contributed by atoms with E-state index in [0.29, 0.717) is 12.0 Å². The lowest BCUT2D eigenvalue weighted by molar-refractivity contribution is -0.139. The Balaban J connectivity index is 2.74. The van der Waals surface area contributed by atoms with Crippen LogP contribution < -0.4 is 4.48 Å². The standard InChI is InChI=1S/C22H28F3NO4/c1-14-16-8-7-15(22(23,24)25)13-17(16)26(11-12-30-5,10-6-9-21(2,3)4)19(27)18(14)20(28)29/h7-8,13H,6,9-12H2,1-5H3/p+1. The Morgan fingerprint density at radius 2 is 1.80 bits per heavy atom. The lowest BCUT2D eigenvalue weighted by Gasteiger charge is -2.40. The number of carboxylic acid groups (broad SMARTS) is 1. The van der Waals surface area contributed by atoms with Gasteiger partial charge in [0, 0.05) is 18.7 Å². The van der Waals surface area contributed by atoms with Crippen LogP contribution in [0.15, 0.2) is 23.8 Å². The van der Waals surface area contributed by atoms with Gasteiger partial charge >= 0.3 is 18.1 Å². The minimum absolute atomic E-state index is 0.0396. The molecule has 30 heavy (non-hydrogen) atoms. The average molecular weight is 428 g/mol. The number of hydrogen-bond acceptors (Lipinski definition) is 3. The summed E-state index contributed by atoms with van der Waals surface area (Å²) in [5.74, 6) is -2.07. The number of rotatable bonds is 7. The van der Waals surface area contributed by atoms with E-state index >= 15 is 0 Å². The molecule has 1 N–H and O–H groups in total. The van der Waals surface area contributed by atoms with E-state index < -0.39 is 28.1 Å². The summed E-state index contributed by atoms with van der Waals surface area (Å²) in [6.45, 7) is 7.91. The van der Waals surface area contributed by atoms with Gasteiger partial charge in [0.25, 0.3) is 0 Å². The molecule has 0 aliphatic carbocycles. The zero-order chi connectivity index (χ0) is 22.9. The van der Waals surface area contributed by atoms with E-state index in [4.69, 9.17) is 4.74 Å². The Kier molecular flexibility index (Phi) is 6.83. The second-order valence-corrected chi connectivity index (χ2v) is 8.91. The van der Waals surface area contributed by atoms with Crippen molar-refractivity contribution in [3.63, 3.8) is 0 Å². The molecule has 0 fully saturated rings. The minimum atomic E-state index is -4.58. The Hall–Kier alpha value is -2.19. The van der Waals surface area contributed by atoms with Gasteiger partial charge in [-0.3, -0.25) is 0 Å². The van der Waals surface area contributed by atoms with Crippen LogP contribution in [-0.4, -0.2) is 43.8 Å². The quantitative estimate of drug-likeness (QED) is 0.496. The first kappa shape index (κ1) is 24.1. The average Bonchev–Trinajstić information content (AvgIpc) is 2.61. The molecule has 0 radical (unpaired) electrons. The van der Waals surface area contributed by atoms with Crippen molar-refractivity contribution in [2.75, 3.05) is 26.8 Å². The van der Waals surface area contributed by atoms with Gasteiger partial charge in [-0.25, -0.2) is 14.1 Å². The van der Waals surface area contributed by atoms with Crippen LogP contribution in [0.5, 0.6) is 0 Å². The fourth-order valence-corrected chi connectivity index (χ4v) is 3.93. The summed E-state index contributed by atoms with van der Waals surface area (Å²) in [6, 6.07) is 3.19. The molecule has 1 unspecified atom stereocenters. The largest absolute Gasteiger partial charge is 0.477 e. The van der Waals surface area contributed by atoms with Crippen molar-refractivity contribution >= 4 is 23.1 Å². The summed E-state index contributed by atoms with van der Waals surface area (Å²) >= 11 is 0. The third-order valence-corrected chi connectivity index (χ3v) is 5.53. The summed E-state index contributed by atoms with van der Waals surface area (Å²) in [5.41, 5.74) is -0.568. The zero-order valence-electron chi connectivity index (χ0n) is 18.0. The van der Waals surface area contributed by atoms with Crippen LogP contribution in [0.2, 0.25) is 0 Å². The lowest BCUT2D eigenvalue weighted by Crippen LogP contribution is -2.60. The highest BCUT2D eigenvalue weighted by atomic mass is 19.4. The number of carbonyl (C=O) groups excluding carboxylic acids is 1. The SMILES string of the molecule is COCC[N+]1(CCCC(C)(C)C)C(=O)C(C(=O)O)=C(C)c2ccc(C(F)(F)F)cc21. The number of alkyl halides is 3. The highest BCUT2D eigenvalue weighted by molar-refractivity contribution is 6.26. The Labute approximate surface area is 174 Å². The van der Waals surface area contributed by atoms with E-state index in [1.54, 1.807) is 0 Å². The van der Waals surface area contributed by atoms with Crippen molar-refractivity contribution in [3.05, 3.63) is 34.9 Å². The van der Waals surface area contributed by atoms with Crippen molar-refractivity contribution < 1.29 is 32.6 Å². The number of fused-ring (bicyclic) bond motifs is 1. The molecular formula is C22H29F3NO4+. The highest BCUT2D eigenvalue weighted by Crippen LogP contribution is 2.44. The van der Waals surface area contributed by atoms with Gasteiger partial charge in [0.05, 0.1) is 18.7 Å². The number of aliphatic carboxylic acids is 1. The van der Waals surface area contributed by atoms with Crippen LogP contribution >= 0.6 is 0 Å². The summed E-state index contributed by atoms with van der Waals surface area (Å²) in [7, 11) is 1.44. The fraction of sp³-hybridized carbons (Fsp3) is 0.545. The number of carbonyl (C=O) groups is 2. The number of methoxy groups -OCH3 is 1. The number of benzene rings is 1. The normalized spacial score (nSPS) is 19.8. The van der Waals surface area contributed by atoms with Crippen LogP contribution in [0, 0.1) is 5.41 Å². The maximum Gasteiger partial charge on any atom is 0.416 e. The number of allylic oxidation sites excluding steroid dienone is 1. The summed E-state index contributed by atoms with van der Waals surface area (Å²) < 4.78 is 45.0. The first-order valence-corrected chi connectivity index (χ1v) is 9.82. The minimum Gasteiger partial charge on any atom is -0.477 e. The van der Waals surface area contributed by atoms with Gasteiger partial charge in [-0.15, -0.1) is 0 Å². The van der Waals surface area contributed by atoms with Crippen LogP contribution in [-0.2, 0) is 20.5 Å². The predicted octanol–water partition coefficient (Wildman–Crippen LogP) is 4.88. The second kappa shape index (κ2) is 8.51. The lowest BCUT2D eigenvalue weighted by atomic mass is 9.87. The number of ether oxygens (including phenoxy) is 1. The van der Waals surface area contributed by atoms with Crippen molar-refractivity contribution in [1.29, 1.82) is 0 Å². The number of carboxylic acids is 1. The van der Waals surface area contributed by atoms with E-state index in [2.05, 4.69) is 0 Å². The molecule has 0 saturated heterocycles. The molecule has 2 rings (SSSR count). The molecule has 1 aromatic carbocycles. The number of halogens is 3. The van der Waals surface area contributed by atoms with Gasteiger partial charge in [0.1, 0.15) is 12.2 Å². The molecule has 1 atom stereocenters. The van der Waals surface area contributed by atoms with Crippen molar-refractivity contribution in [2.45, 2.75) is 46.7 Å². The Bertz CT molecular complexity index is 868. The second-order valence-electron chi connectivity index (χ2n) is 8.91. The first-order valence-electron chi connectivity index (χ1n) is 9.82. The van der Waals surface area contributed by atoms with Crippen LogP contribution in [0.4, 0.5) is 18.9 Å². The predicted molar refractivity (Wildman–Crippen MR) is 109 cm³/mol. The summed E-state index contributed by atoms with van der Waals surface area (Å²) in [6.07, 6.45) is -3.31. The van der Waals surface area contributed by atoms with E-state index in [1.807, 2.05) is 20.8 Å². The first-order chi connectivity index (χ1) is 13.7. The monoisotopic (exact) mass is 428 g/mol. The molecule has 1 heterocycles. The van der Waals surface area contributed by atoms with E-state index in [0.717, 1.165) is 18.6 Å². The molecule has 0 saturated carbocycles. The van der Waals surface area contributed by atoms with E-state index in [1.165, 1.54) is 20.1 Å². The maximum absolute atomic E-state index is 13.5. The molecule has 8 heteroatoms. The molecule has 0 aromatic heterocycles. The fourth-order valence-electron chi connectivity index (χ4n) is 3.93. The topological polar surface area (TPSA) is 63.6 Å². The Morgan fingerprint density at radius 3 is 2.30 bits per heavy atom. The van der Waals surface area contributed by atoms with Crippen LogP contribution in [0.25, 0.3) is 5.57 Å². The third-order valence-electron chi connectivity index (χ3n) is 5.53. The van der Waals surface area contributed by atoms with E-state index in [-0.39, 0.29) is 41.9 Å². The van der Waals surface area contributed by atoms with Crippen molar-refractivity contribution in [3.8, 4) is 0 Å². The smallest absolute Gasteiger partial charge is 0.416 e. The summed E-state index contributed by atoms with van der Waals surface area (Å²) in [4.78, 5) is 25.4. The molecule has 5 nitrogen and oxygen atoms in total. The number of nitrogens with zero attached hydrogens (tertiary/aromatic N) is 1. The van der Waals surface area contributed by atoms with Gasteiger partial charge in [-0.05, 0) is 42.9 Å². The Morgan fingerprint density at radius 1 is 1.17 bits per heavy atom. The zero-order valence-corrected chi connectivity index (χ0v) is 18.0. The number of hydrogen-bond donors (Lipinski definition) is 1. The van der Waals surface area contributed by atoms with Gasteiger partial charge < -0.3 is 9.84 Å². The molecule has 1 aromatic rings. The van der Waals surface area contributed by atoms with E-state index in [9.17, 15) is 27.9 Å². The summed E-state index contributed by atoms with van der Waals surface area (Å²) in [5, 5.41) is 9.70. The molecule has 0 spiro atoms. The highest BCUT2D eigenvalue weighted by Gasteiger charge is 2.50. The van der Waals surface area contributed by atoms with Crippen molar-refractivity contribution in [1.82, 2.24) is 4.48 Å². The third kappa shape index (κ3) is 4.75. The van der Waals surface area contributed by atoms with Crippen molar-refractivity contribution in [2.24, 2.45) is 5.41 Å². The number of amides is 1. The molecule has 166 valence electrons. The van der Waals surface area contributed by atoms with Gasteiger partial charge in [-0.1, -0.05) is 20.8 Å². The number of quaternary nitrogens is 1. The maximum atomic E-state index is 13.5. The van der Waals surface area contributed by atoms with Crippen LogP contribution in [0.3, 0.4) is 0 Å². The molecular weight excluding hydrogens is 399 g/mol. The molecule has 0 bridgehead atoms. The van der Waals surface area contributed by atoms with Gasteiger partial charge in [-0.2, -0.15) is 13.2 Å². The van der Waals surface area contributed by atoms with Crippen LogP contribution in [0.1, 0.15) is 51.7 Å². The van der Waals surface area contributed by atoms with Gasteiger partial charge in [0.2, 0.25) is 0 Å².